The van der Waals surface area contributed by atoms with Crippen molar-refractivity contribution in [3.8, 4) is 5.75 Å². The van der Waals surface area contributed by atoms with Gasteiger partial charge in [0.25, 0.3) is 0 Å². The number of aliphatic imine (C=N–C) groups is 1. The molecular weight excluding hydrogens is 376 g/mol. The van der Waals surface area contributed by atoms with E-state index in [0.29, 0.717) is 35.9 Å². The first-order valence-corrected chi connectivity index (χ1v) is 9.38. The number of carbonyl (C=O) groups excluding carboxylic acids is 1. The van der Waals surface area contributed by atoms with Gasteiger partial charge in [-0.2, -0.15) is 0 Å². The smallest absolute Gasteiger partial charge is 0.227 e. The van der Waals surface area contributed by atoms with Crippen molar-refractivity contribution in [3.05, 3.63) is 42.4 Å². The Balaban J connectivity index is 1.72. The van der Waals surface area contributed by atoms with E-state index in [2.05, 4.69) is 20.3 Å². The standard InChI is InChI=1S/C19H22N6O2S/c1-12(2)27-13-7-8-14(22-11-13)17(20)23-19(28)24-18-15(5-3-9-21-18)25-10-4-6-16(25)26/h3,5,7-9,11-12H,4,6,10H2,1-2H3,(H3,20,21,23,24,28). The minimum Gasteiger partial charge on any atom is -0.489 e. The van der Waals surface area contributed by atoms with Crippen molar-refractivity contribution in [3.63, 3.8) is 0 Å². The second-order valence-corrected chi connectivity index (χ2v) is 6.88. The van der Waals surface area contributed by atoms with Crippen LogP contribution in [0.25, 0.3) is 0 Å². The third-order valence-electron chi connectivity index (χ3n) is 3.97. The number of pyridine rings is 2. The van der Waals surface area contributed by atoms with Gasteiger partial charge in [0.2, 0.25) is 5.91 Å². The fraction of sp³-hybridized carbons (Fsp3) is 0.316. The largest absolute Gasteiger partial charge is 0.489 e. The highest BCUT2D eigenvalue weighted by molar-refractivity contribution is 7.80. The summed E-state index contributed by atoms with van der Waals surface area (Å²) >= 11 is 5.28. The number of ether oxygens (including phenoxy) is 1. The molecule has 28 heavy (non-hydrogen) atoms. The van der Waals surface area contributed by atoms with E-state index in [-0.39, 0.29) is 23.0 Å². The summed E-state index contributed by atoms with van der Waals surface area (Å²) in [7, 11) is 0. The lowest BCUT2D eigenvalue weighted by molar-refractivity contribution is -0.117. The van der Waals surface area contributed by atoms with Gasteiger partial charge in [0.15, 0.2) is 16.8 Å². The molecule has 1 amide bonds. The average Bonchev–Trinajstić information content (AvgIpc) is 3.08. The first-order valence-electron chi connectivity index (χ1n) is 8.97. The van der Waals surface area contributed by atoms with Gasteiger partial charge in [-0.15, -0.1) is 0 Å². The van der Waals surface area contributed by atoms with E-state index in [1.807, 2.05) is 19.9 Å². The first kappa shape index (κ1) is 19.7. The fourth-order valence-electron chi connectivity index (χ4n) is 2.78. The van der Waals surface area contributed by atoms with E-state index in [0.717, 1.165) is 6.42 Å². The lowest BCUT2D eigenvalue weighted by Crippen LogP contribution is -2.26. The molecule has 0 atom stereocenters. The number of nitrogens with zero attached hydrogens (tertiary/aromatic N) is 4. The number of nitrogens with one attached hydrogen (secondary N) is 1. The van der Waals surface area contributed by atoms with Crippen LogP contribution >= 0.6 is 12.2 Å². The summed E-state index contributed by atoms with van der Waals surface area (Å²) in [5.74, 6) is 1.36. The Morgan fingerprint density at radius 3 is 2.82 bits per heavy atom. The van der Waals surface area contributed by atoms with E-state index in [9.17, 15) is 4.79 Å². The van der Waals surface area contributed by atoms with Crippen LogP contribution in [0.1, 0.15) is 32.4 Å². The molecule has 9 heteroatoms. The average molecular weight is 398 g/mol. The Bertz CT molecular complexity index is 898. The maximum Gasteiger partial charge on any atom is 0.227 e. The highest BCUT2D eigenvalue weighted by Crippen LogP contribution is 2.27. The highest BCUT2D eigenvalue weighted by Gasteiger charge is 2.24. The Morgan fingerprint density at radius 2 is 2.18 bits per heavy atom. The number of hydrogen-bond donors (Lipinski definition) is 2. The lowest BCUT2D eigenvalue weighted by atomic mass is 10.3. The summed E-state index contributed by atoms with van der Waals surface area (Å²) in [5, 5.41) is 3.09. The molecule has 8 nitrogen and oxygen atoms in total. The Hall–Kier alpha value is -3.07. The van der Waals surface area contributed by atoms with Crippen LogP contribution in [0.2, 0.25) is 0 Å². The number of aromatic nitrogens is 2. The number of rotatable bonds is 5. The van der Waals surface area contributed by atoms with Crippen LogP contribution in [0, 0.1) is 0 Å². The minimum absolute atomic E-state index is 0.0606. The monoisotopic (exact) mass is 398 g/mol. The van der Waals surface area contributed by atoms with Crippen molar-refractivity contribution in [2.45, 2.75) is 32.8 Å². The molecule has 1 aliphatic heterocycles. The molecule has 0 unspecified atom stereocenters. The van der Waals surface area contributed by atoms with Crippen LogP contribution < -0.4 is 20.7 Å². The number of amidine groups is 1. The van der Waals surface area contributed by atoms with Gasteiger partial charge in [0.1, 0.15) is 11.4 Å². The van der Waals surface area contributed by atoms with E-state index in [1.165, 1.54) is 0 Å². The zero-order valence-corrected chi connectivity index (χ0v) is 16.6. The van der Waals surface area contributed by atoms with Crippen molar-refractivity contribution in [2.24, 2.45) is 10.7 Å². The van der Waals surface area contributed by atoms with Crippen LogP contribution in [0.5, 0.6) is 5.75 Å². The molecule has 1 saturated heterocycles. The van der Waals surface area contributed by atoms with Gasteiger partial charge >= 0.3 is 0 Å². The van der Waals surface area contributed by atoms with Crippen LogP contribution in [-0.4, -0.2) is 39.5 Å². The number of nitrogens with two attached hydrogens (primary N) is 1. The van der Waals surface area contributed by atoms with Crippen LogP contribution in [-0.2, 0) is 4.79 Å². The summed E-state index contributed by atoms with van der Waals surface area (Å²) in [6.07, 6.45) is 4.63. The molecule has 0 aliphatic carbocycles. The van der Waals surface area contributed by atoms with E-state index >= 15 is 0 Å². The number of thiocarbonyl (C=S) groups is 1. The van der Waals surface area contributed by atoms with E-state index in [4.69, 9.17) is 22.7 Å². The minimum atomic E-state index is 0.0606. The van der Waals surface area contributed by atoms with Gasteiger partial charge in [0, 0.05) is 19.2 Å². The predicted molar refractivity (Wildman–Crippen MR) is 113 cm³/mol. The van der Waals surface area contributed by atoms with Crippen LogP contribution in [0.3, 0.4) is 0 Å². The zero-order valence-electron chi connectivity index (χ0n) is 15.8. The predicted octanol–water partition coefficient (Wildman–Crippen LogP) is 2.49. The molecule has 2 aromatic rings. The SMILES string of the molecule is CC(C)Oc1ccc(C(N)=NC(=S)Nc2ncccc2N2CCCC2=O)nc1. The molecule has 0 spiro atoms. The molecule has 0 bridgehead atoms. The summed E-state index contributed by atoms with van der Waals surface area (Å²) in [6, 6.07) is 7.09. The summed E-state index contributed by atoms with van der Waals surface area (Å²) in [6.45, 7) is 4.54. The molecule has 3 heterocycles. The Kier molecular flexibility index (Phi) is 6.15. The molecule has 3 rings (SSSR count). The van der Waals surface area contributed by atoms with E-state index in [1.54, 1.807) is 35.5 Å². The van der Waals surface area contributed by atoms with Crippen molar-refractivity contribution in [1.29, 1.82) is 0 Å². The second kappa shape index (κ2) is 8.75. The molecule has 0 saturated carbocycles. The molecule has 0 radical (unpaired) electrons. The molecule has 0 aromatic carbocycles. The highest BCUT2D eigenvalue weighted by atomic mass is 32.1. The summed E-state index contributed by atoms with van der Waals surface area (Å²) in [4.78, 5) is 26.5. The van der Waals surface area contributed by atoms with Crippen molar-refractivity contribution >= 4 is 40.6 Å². The Labute approximate surface area is 168 Å². The third-order valence-corrected chi connectivity index (χ3v) is 4.16. The van der Waals surface area contributed by atoms with Gasteiger partial charge in [0.05, 0.1) is 18.0 Å². The molecule has 3 N–H and O–H groups in total. The zero-order chi connectivity index (χ0) is 20.1. The van der Waals surface area contributed by atoms with Crippen LogP contribution in [0.15, 0.2) is 41.7 Å². The number of carbonyl (C=O) groups is 1. The van der Waals surface area contributed by atoms with Gasteiger partial charge in [-0.3, -0.25) is 4.79 Å². The molecule has 146 valence electrons. The molecule has 1 fully saturated rings. The van der Waals surface area contributed by atoms with Gasteiger partial charge in [-0.25, -0.2) is 15.0 Å². The van der Waals surface area contributed by atoms with Crippen molar-refractivity contribution < 1.29 is 9.53 Å². The first-order chi connectivity index (χ1) is 13.4. The molecular formula is C19H22N6O2S. The van der Waals surface area contributed by atoms with Crippen LogP contribution in [0.4, 0.5) is 11.5 Å². The maximum atomic E-state index is 12.0. The van der Waals surface area contributed by atoms with Gasteiger partial charge in [-0.1, -0.05) is 0 Å². The number of amides is 1. The quantitative estimate of drug-likeness (QED) is 0.453. The topological polar surface area (TPSA) is 106 Å². The Morgan fingerprint density at radius 1 is 1.36 bits per heavy atom. The molecule has 1 aliphatic rings. The van der Waals surface area contributed by atoms with Gasteiger partial charge < -0.3 is 20.7 Å². The van der Waals surface area contributed by atoms with Gasteiger partial charge in [-0.05, 0) is 56.8 Å². The van der Waals surface area contributed by atoms with E-state index < -0.39 is 0 Å². The summed E-state index contributed by atoms with van der Waals surface area (Å²) < 4.78 is 5.56. The van der Waals surface area contributed by atoms with Crippen molar-refractivity contribution in [1.82, 2.24) is 9.97 Å². The lowest BCUT2D eigenvalue weighted by Gasteiger charge is -2.18. The van der Waals surface area contributed by atoms with Crippen molar-refractivity contribution in [2.75, 3.05) is 16.8 Å². The number of anilines is 2. The summed E-state index contributed by atoms with van der Waals surface area (Å²) in [5.41, 5.74) is 7.18. The fourth-order valence-corrected chi connectivity index (χ4v) is 2.98. The second-order valence-electron chi connectivity index (χ2n) is 6.49. The third kappa shape index (κ3) is 4.80. The normalized spacial score (nSPS) is 14.5. The maximum absolute atomic E-state index is 12.0. The molecule has 2 aromatic heterocycles. The number of hydrogen-bond acceptors (Lipinski definition) is 5.